The van der Waals surface area contributed by atoms with Crippen LogP contribution in [0, 0.1) is 11.6 Å². The molecule has 0 bridgehead atoms. The van der Waals surface area contributed by atoms with Gasteiger partial charge in [-0.2, -0.15) is 8.42 Å². The van der Waals surface area contributed by atoms with Gasteiger partial charge in [0.15, 0.2) is 11.6 Å². The van der Waals surface area contributed by atoms with Gasteiger partial charge in [-0.1, -0.05) is 18.6 Å². The lowest BCUT2D eigenvalue weighted by molar-refractivity contribution is -0.116. The highest BCUT2D eigenvalue weighted by atomic mass is 32.2. The molecule has 0 unspecified atom stereocenters. The quantitative estimate of drug-likeness (QED) is 0.719. The van der Waals surface area contributed by atoms with Gasteiger partial charge in [-0.3, -0.25) is 4.79 Å². The first kappa shape index (κ1) is 22.9. The number of sulfonamides is 1. The number of amides is 1. The van der Waals surface area contributed by atoms with Crippen molar-refractivity contribution in [1.29, 1.82) is 0 Å². The van der Waals surface area contributed by atoms with E-state index in [4.69, 9.17) is 0 Å². The van der Waals surface area contributed by atoms with E-state index in [1.165, 1.54) is 24.3 Å². The molecule has 0 radical (unpaired) electrons. The number of nitrogens with zero attached hydrogens (tertiary/aromatic N) is 2. The predicted molar refractivity (Wildman–Crippen MR) is 115 cm³/mol. The van der Waals surface area contributed by atoms with Gasteiger partial charge in [-0.25, -0.2) is 8.78 Å². The second-order valence-electron chi connectivity index (χ2n) is 7.54. The van der Waals surface area contributed by atoms with Gasteiger partial charge in [0.1, 0.15) is 5.84 Å². The lowest BCUT2D eigenvalue weighted by Crippen LogP contribution is -2.26. The van der Waals surface area contributed by atoms with E-state index in [2.05, 4.69) is 9.71 Å². The van der Waals surface area contributed by atoms with Crippen LogP contribution >= 0.6 is 0 Å². The van der Waals surface area contributed by atoms with Crippen LogP contribution in [0.4, 0.5) is 14.5 Å². The lowest BCUT2D eigenvalue weighted by Gasteiger charge is -2.17. The molecule has 0 aliphatic carbocycles. The van der Waals surface area contributed by atoms with Gasteiger partial charge in [0.05, 0.1) is 4.90 Å². The number of nitrogens with one attached hydrogen (secondary N) is 1. The van der Waals surface area contributed by atoms with Crippen LogP contribution in [0.1, 0.15) is 37.7 Å². The summed E-state index contributed by atoms with van der Waals surface area (Å²) < 4.78 is 55.8. The van der Waals surface area contributed by atoms with Crippen molar-refractivity contribution in [2.45, 2.75) is 43.4 Å². The molecule has 166 valence electrons. The molecule has 1 amide bonds. The summed E-state index contributed by atoms with van der Waals surface area (Å²) in [5.74, 6) is -1.73. The Balaban J connectivity index is 1.67. The predicted octanol–water partition coefficient (Wildman–Crippen LogP) is 4.13. The maximum Gasteiger partial charge on any atom is 0.284 e. The monoisotopic (exact) mass is 449 g/mol. The Kier molecular flexibility index (Phi) is 7.37. The highest BCUT2D eigenvalue weighted by Crippen LogP contribution is 2.20. The molecule has 1 saturated heterocycles. The van der Waals surface area contributed by atoms with E-state index in [-0.39, 0.29) is 23.6 Å². The van der Waals surface area contributed by atoms with Crippen molar-refractivity contribution in [1.82, 2.24) is 4.90 Å². The van der Waals surface area contributed by atoms with Crippen molar-refractivity contribution in [3.8, 4) is 0 Å². The van der Waals surface area contributed by atoms with Crippen LogP contribution in [-0.4, -0.2) is 38.7 Å². The molecular weight excluding hydrogens is 424 g/mol. The van der Waals surface area contributed by atoms with E-state index in [9.17, 15) is 22.0 Å². The standard InChI is InChI=1S/C22H25F2N3O3S/c1-27-13-4-2-3-8-21(27)26-31(29,30)18-7-5-6-17(15-18)25-22(28)12-10-16-9-11-19(23)20(24)14-16/h5-7,9,11,14-15H,2-4,8,10,12-13H2,1H3,(H,25,28)/b26-21+. The number of halogens is 2. The van der Waals surface area contributed by atoms with Gasteiger partial charge in [-0.05, 0) is 55.2 Å². The van der Waals surface area contributed by atoms with Gasteiger partial charge in [-0.15, -0.1) is 4.40 Å². The summed E-state index contributed by atoms with van der Waals surface area (Å²) in [6.45, 7) is 0.766. The van der Waals surface area contributed by atoms with Gasteiger partial charge in [0.2, 0.25) is 5.91 Å². The van der Waals surface area contributed by atoms with Crippen LogP contribution in [0.3, 0.4) is 0 Å². The third-order valence-corrected chi connectivity index (χ3v) is 6.40. The Morgan fingerprint density at radius 2 is 1.90 bits per heavy atom. The summed E-state index contributed by atoms with van der Waals surface area (Å²) in [4.78, 5) is 14.1. The van der Waals surface area contributed by atoms with Crippen molar-refractivity contribution in [3.05, 3.63) is 59.7 Å². The number of rotatable bonds is 6. The molecule has 2 aromatic carbocycles. The fraction of sp³-hybridized carbons (Fsp3) is 0.364. The zero-order valence-electron chi connectivity index (χ0n) is 17.3. The first-order valence-electron chi connectivity index (χ1n) is 10.1. The van der Waals surface area contributed by atoms with E-state index in [0.29, 0.717) is 23.5 Å². The highest BCUT2D eigenvalue weighted by Gasteiger charge is 2.19. The van der Waals surface area contributed by atoms with Crippen molar-refractivity contribution < 1.29 is 22.0 Å². The third-order valence-electron chi connectivity index (χ3n) is 5.10. The molecular formula is C22H25F2N3O3S. The molecule has 6 nitrogen and oxygen atoms in total. The fourth-order valence-electron chi connectivity index (χ4n) is 3.35. The molecule has 9 heteroatoms. The van der Waals surface area contributed by atoms with Crippen LogP contribution in [-0.2, 0) is 21.2 Å². The molecule has 31 heavy (non-hydrogen) atoms. The van der Waals surface area contributed by atoms with Crippen LogP contribution < -0.4 is 5.32 Å². The summed E-state index contributed by atoms with van der Waals surface area (Å²) in [5.41, 5.74) is 0.819. The Hall–Kier alpha value is -2.81. The van der Waals surface area contributed by atoms with E-state index in [1.54, 1.807) is 6.07 Å². The highest BCUT2D eigenvalue weighted by molar-refractivity contribution is 7.90. The van der Waals surface area contributed by atoms with Crippen molar-refractivity contribution in [2.75, 3.05) is 18.9 Å². The Labute approximate surface area is 181 Å². The van der Waals surface area contributed by atoms with E-state index >= 15 is 0 Å². The second-order valence-corrected chi connectivity index (χ2v) is 9.14. The Bertz CT molecular complexity index is 1090. The minimum Gasteiger partial charge on any atom is -0.362 e. The van der Waals surface area contributed by atoms with Crippen molar-refractivity contribution >= 4 is 27.5 Å². The largest absolute Gasteiger partial charge is 0.362 e. The number of hydrogen-bond acceptors (Lipinski definition) is 3. The number of hydrogen-bond donors (Lipinski definition) is 1. The SMILES string of the molecule is CN1CCCCC/C1=N\S(=O)(=O)c1cccc(NC(=O)CCc2ccc(F)c(F)c2)c1. The third kappa shape index (κ3) is 6.33. The Morgan fingerprint density at radius 1 is 1.10 bits per heavy atom. The fourth-order valence-corrected chi connectivity index (χ4v) is 4.49. The molecule has 0 aromatic heterocycles. The van der Waals surface area contributed by atoms with E-state index in [1.807, 2.05) is 11.9 Å². The number of benzene rings is 2. The van der Waals surface area contributed by atoms with Gasteiger partial charge >= 0.3 is 0 Å². The van der Waals surface area contributed by atoms with Crippen LogP contribution in [0.15, 0.2) is 51.8 Å². The minimum atomic E-state index is -3.91. The van der Waals surface area contributed by atoms with Gasteiger partial charge in [0.25, 0.3) is 10.0 Å². The van der Waals surface area contributed by atoms with Crippen molar-refractivity contribution in [3.63, 3.8) is 0 Å². The number of likely N-dealkylation sites (tertiary alicyclic amines) is 1. The zero-order chi connectivity index (χ0) is 22.4. The summed E-state index contributed by atoms with van der Waals surface area (Å²) >= 11 is 0. The molecule has 3 rings (SSSR count). The summed E-state index contributed by atoms with van der Waals surface area (Å²) in [6.07, 6.45) is 3.80. The van der Waals surface area contributed by atoms with E-state index < -0.39 is 21.7 Å². The maximum atomic E-state index is 13.3. The van der Waals surface area contributed by atoms with Gasteiger partial charge in [0, 0.05) is 32.1 Å². The molecule has 1 fully saturated rings. The normalized spacial score (nSPS) is 16.2. The lowest BCUT2D eigenvalue weighted by atomic mass is 10.1. The number of carbonyl (C=O) groups excluding carboxylic acids is 1. The molecule has 2 aromatic rings. The number of carbonyl (C=O) groups is 1. The van der Waals surface area contributed by atoms with Gasteiger partial charge < -0.3 is 10.2 Å². The topological polar surface area (TPSA) is 78.8 Å². The first-order chi connectivity index (χ1) is 14.7. The Morgan fingerprint density at radius 3 is 2.68 bits per heavy atom. The van der Waals surface area contributed by atoms with Crippen LogP contribution in [0.5, 0.6) is 0 Å². The molecule has 1 heterocycles. The smallest absolute Gasteiger partial charge is 0.284 e. The summed E-state index contributed by atoms with van der Waals surface area (Å²) in [7, 11) is -2.08. The van der Waals surface area contributed by atoms with Crippen LogP contribution in [0.2, 0.25) is 0 Å². The summed E-state index contributed by atoms with van der Waals surface area (Å²) in [6, 6.07) is 9.42. The molecule has 0 saturated carbocycles. The number of aryl methyl sites for hydroxylation is 1. The number of amidine groups is 1. The second kappa shape index (κ2) is 10.00. The van der Waals surface area contributed by atoms with Crippen LogP contribution in [0.25, 0.3) is 0 Å². The zero-order valence-corrected chi connectivity index (χ0v) is 18.1. The minimum absolute atomic E-state index is 0.00366. The molecule has 1 aliphatic heterocycles. The molecule has 0 spiro atoms. The molecule has 1 aliphatic rings. The molecule has 1 N–H and O–H groups in total. The number of anilines is 1. The first-order valence-corrected chi connectivity index (χ1v) is 11.6. The van der Waals surface area contributed by atoms with Crippen molar-refractivity contribution in [2.24, 2.45) is 4.40 Å². The molecule has 0 atom stereocenters. The van der Waals surface area contributed by atoms with E-state index in [0.717, 1.165) is 37.9 Å². The average Bonchev–Trinajstić information content (AvgIpc) is 2.93. The summed E-state index contributed by atoms with van der Waals surface area (Å²) in [5, 5.41) is 2.64. The maximum absolute atomic E-state index is 13.3. The average molecular weight is 450 g/mol.